The fourth-order valence-corrected chi connectivity index (χ4v) is 2.98. The van der Waals surface area contributed by atoms with Crippen LogP contribution in [0.2, 0.25) is 0 Å². The van der Waals surface area contributed by atoms with Crippen LogP contribution in [-0.2, 0) is 6.54 Å². The number of nitrogens with one attached hydrogen (secondary N) is 1. The first-order chi connectivity index (χ1) is 13.5. The molecule has 1 saturated heterocycles. The van der Waals surface area contributed by atoms with Crippen molar-refractivity contribution in [3.05, 3.63) is 29.8 Å². The van der Waals surface area contributed by atoms with Crippen molar-refractivity contribution in [1.82, 2.24) is 15.1 Å². The van der Waals surface area contributed by atoms with Gasteiger partial charge in [-0.1, -0.05) is 18.2 Å². The second kappa shape index (κ2) is 9.55. The first kappa shape index (κ1) is 23.1. The van der Waals surface area contributed by atoms with E-state index >= 15 is 0 Å². The maximum Gasteiger partial charge on any atom is 0.422 e. The highest BCUT2D eigenvalue weighted by molar-refractivity contribution is 5.80. The third kappa shape index (κ3) is 6.98. The van der Waals surface area contributed by atoms with E-state index in [0.29, 0.717) is 24.6 Å². The van der Waals surface area contributed by atoms with E-state index in [1.807, 2.05) is 4.90 Å². The van der Waals surface area contributed by atoms with Crippen LogP contribution in [0.3, 0.4) is 0 Å². The number of alkyl halides is 6. The van der Waals surface area contributed by atoms with Crippen molar-refractivity contribution < 1.29 is 31.1 Å². The summed E-state index contributed by atoms with van der Waals surface area (Å²) in [4.78, 5) is 7.31. The number of ether oxygens (including phenoxy) is 1. The molecule has 0 saturated carbocycles. The molecule has 1 aromatic carbocycles. The summed E-state index contributed by atoms with van der Waals surface area (Å²) in [6.07, 6.45) is -8.72. The van der Waals surface area contributed by atoms with Crippen LogP contribution in [-0.4, -0.2) is 74.0 Å². The average Bonchev–Trinajstić information content (AvgIpc) is 2.66. The molecule has 29 heavy (non-hydrogen) atoms. The van der Waals surface area contributed by atoms with E-state index in [0.717, 1.165) is 6.92 Å². The van der Waals surface area contributed by atoms with Crippen molar-refractivity contribution in [2.75, 3.05) is 39.8 Å². The largest absolute Gasteiger partial charge is 0.484 e. The van der Waals surface area contributed by atoms with E-state index in [1.165, 1.54) is 11.0 Å². The van der Waals surface area contributed by atoms with Gasteiger partial charge in [0, 0.05) is 45.3 Å². The molecular weight excluding hydrogens is 402 g/mol. The summed E-state index contributed by atoms with van der Waals surface area (Å²) in [7, 11) is 1.54. The first-order valence-corrected chi connectivity index (χ1v) is 9.05. The second-order valence-electron chi connectivity index (χ2n) is 6.65. The van der Waals surface area contributed by atoms with Crippen LogP contribution >= 0.6 is 0 Å². The molecule has 1 fully saturated rings. The van der Waals surface area contributed by atoms with E-state index in [4.69, 9.17) is 4.74 Å². The smallest absolute Gasteiger partial charge is 0.422 e. The van der Waals surface area contributed by atoms with E-state index in [2.05, 4.69) is 10.3 Å². The average molecular weight is 426 g/mol. The zero-order chi connectivity index (χ0) is 21.7. The van der Waals surface area contributed by atoms with Gasteiger partial charge in [-0.2, -0.15) is 26.3 Å². The highest BCUT2D eigenvalue weighted by atomic mass is 19.4. The Balaban J connectivity index is 1.92. The van der Waals surface area contributed by atoms with Crippen LogP contribution in [0, 0.1) is 0 Å². The number of piperazine rings is 1. The number of benzene rings is 1. The molecule has 1 N–H and O–H groups in total. The Morgan fingerprint density at radius 3 is 2.28 bits per heavy atom. The summed E-state index contributed by atoms with van der Waals surface area (Å²) >= 11 is 0. The van der Waals surface area contributed by atoms with Crippen molar-refractivity contribution in [2.45, 2.75) is 31.9 Å². The molecule has 164 valence electrons. The Kier molecular flexibility index (Phi) is 7.61. The van der Waals surface area contributed by atoms with Gasteiger partial charge in [-0.05, 0) is 13.0 Å². The van der Waals surface area contributed by atoms with Crippen LogP contribution in [0.1, 0.15) is 12.5 Å². The van der Waals surface area contributed by atoms with E-state index in [9.17, 15) is 26.3 Å². The van der Waals surface area contributed by atoms with Crippen molar-refractivity contribution in [1.29, 1.82) is 0 Å². The highest BCUT2D eigenvalue weighted by Crippen LogP contribution is 2.25. The molecule has 1 aromatic rings. The number of guanidine groups is 1. The lowest BCUT2D eigenvalue weighted by molar-refractivity contribution is -0.181. The van der Waals surface area contributed by atoms with Gasteiger partial charge in [0.1, 0.15) is 11.8 Å². The van der Waals surface area contributed by atoms with Crippen LogP contribution < -0.4 is 10.1 Å². The topological polar surface area (TPSA) is 40.1 Å². The molecule has 0 amide bonds. The zero-order valence-corrected chi connectivity index (χ0v) is 16.1. The molecule has 1 unspecified atom stereocenters. The highest BCUT2D eigenvalue weighted by Gasteiger charge is 2.41. The Morgan fingerprint density at radius 2 is 1.72 bits per heavy atom. The third-order valence-corrected chi connectivity index (χ3v) is 4.65. The monoisotopic (exact) mass is 426 g/mol. The van der Waals surface area contributed by atoms with Crippen LogP contribution in [0.5, 0.6) is 5.75 Å². The fraction of sp³-hybridized carbons (Fsp3) is 0.611. The number of aliphatic imine (C=N–C) groups is 1. The minimum Gasteiger partial charge on any atom is -0.484 e. The number of halogens is 6. The molecule has 2 rings (SSSR count). The molecule has 0 spiro atoms. The van der Waals surface area contributed by atoms with Gasteiger partial charge < -0.3 is 15.0 Å². The molecule has 0 aliphatic carbocycles. The van der Waals surface area contributed by atoms with Gasteiger partial charge >= 0.3 is 12.4 Å². The Bertz CT molecular complexity index is 684. The summed E-state index contributed by atoms with van der Waals surface area (Å²) in [5, 5.41) is 3.04. The Hall–Kier alpha value is -2.17. The maximum atomic E-state index is 12.9. The molecule has 1 aliphatic heterocycles. The fourth-order valence-electron chi connectivity index (χ4n) is 2.98. The summed E-state index contributed by atoms with van der Waals surface area (Å²) in [6.45, 7) is 1.08. The van der Waals surface area contributed by atoms with Crippen molar-refractivity contribution in [3.63, 3.8) is 0 Å². The minimum atomic E-state index is -4.44. The van der Waals surface area contributed by atoms with Crippen LogP contribution in [0.15, 0.2) is 29.3 Å². The van der Waals surface area contributed by atoms with Gasteiger partial charge in [0.05, 0.1) is 0 Å². The number of rotatable bonds is 5. The summed E-state index contributed by atoms with van der Waals surface area (Å²) in [6, 6.07) is 4.82. The number of hydrogen-bond acceptors (Lipinski definition) is 3. The van der Waals surface area contributed by atoms with Crippen LogP contribution in [0.4, 0.5) is 26.3 Å². The minimum absolute atomic E-state index is 0.108. The summed E-state index contributed by atoms with van der Waals surface area (Å²) < 4.78 is 80.7. The van der Waals surface area contributed by atoms with Crippen molar-refractivity contribution in [2.24, 2.45) is 4.99 Å². The molecule has 0 aromatic heterocycles. The molecule has 5 nitrogen and oxygen atoms in total. The van der Waals surface area contributed by atoms with Gasteiger partial charge in [0.2, 0.25) is 0 Å². The molecule has 11 heteroatoms. The molecule has 1 heterocycles. The Labute approximate surface area is 165 Å². The van der Waals surface area contributed by atoms with Crippen LogP contribution in [0.25, 0.3) is 0 Å². The number of nitrogens with zero attached hydrogens (tertiary/aromatic N) is 3. The SMILES string of the molecule is CN=C(NCc1ccccc1OCC(F)(F)F)N1CCN(C(C)C(F)(F)F)CC1. The van der Waals surface area contributed by atoms with Gasteiger partial charge in [0.25, 0.3) is 0 Å². The molecule has 1 aliphatic rings. The van der Waals surface area contributed by atoms with Gasteiger partial charge in [-0.15, -0.1) is 0 Å². The Morgan fingerprint density at radius 1 is 1.10 bits per heavy atom. The lowest BCUT2D eigenvalue weighted by Crippen LogP contribution is -2.56. The second-order valence-corrected chi connectivity index (χ2v) is 6.65. The standard InChI is InChI=1S/C18H24F6N4O/c1-13(18(22,23)24)27-7-9-28(10-8-27)16(25-2)26-11-14-5-3-4-6-15(14)29-12-17(19,20)21/h3-6,13H,7-12H2,1-2H3,(H,25,26). The third-order valence-electron chi connectivity index (χ3n) is 4.65. The lowest BCUT2D eigenvalue weighted by atomic mass is 10.2. The van der Waals surface area contributed by atoms with Crippen molar-refractivity contribution in [3.8, 4) is 5.75 Å². The molecule has 1 atom stereocenters. The van der Waals surface area contributed by atoms with E-state index in [1.54, 1.807) is 25.2 Å². The van der Waals surface area contributed by atoms with Gasteiger partial charge in [0.15, 0.2) is 12.6 Å². The van der Waals surface area contributed by atoms with E-state index < -0.39 is 25.0 Å². The number of hydrogen-bond donors (Lipinski definition) is 1. The quantitative estimate of drug-likeness (QED) is 0.446. The van der Waals surface area contributed by atoms with Crippen molar-refractivity contribution >= 4 is 5.96 Å². The first-order valence-electron chi connectivity index (χ1n) is 9.05. The molecule has 0 radical (unpaired) electrons. The number of para-hydroxylation sites is 1. The molecular formula is C18H24F6N4O. The normalized spacial score (nSPS) is 17.9. The predicted molar refractivity (Wildman–Crippen MR) is 96.9 cm³/mol. The summed E-state index contributed by atoms with van der Waals surface area (Å²) in [5.41, 5.74) is 0.516. The van der Waals surface area contributed by atoms with E-state index in [-0.39, 0.29) is 25.4 Å². The lowest BCUT2D eigenvalue weighted by Gasteiger charge is -2.39. The zero-order valence-electron chi connectivity index (χ0n) is 16.1. The maximum absolute atomic E-state index is 12.9. The molecule has 0 bridgehead atoms. The van der Waals surface area contributed by atoms with Gasteiger partial charge in [-0.3, -0.25) is 9.89 Å². The predicted octanol–water partition coefficient (Wildman–Crippen LogP) is 3.27. The summed E-state index contributed by atoms with van der Waals surface area (Å²) in [5.74, 6) is 0.575. The van der Waals surface area contributed by atoms with Gasteiger partial charge in [-0.25, -0.2) is 0 Å².